The topological polar surface area (TPSA) is 48.5 Å². The van der Waals surface area contributed by atoms with E-state index in [1.165, 1.54) is 6.33 Å². The molecule has 0 aliphatic rings. The van der Waals surface area contributed by atoms with Crippen molar-refractivity contribution in [3.63, 3.8) is 0 Å². The summed E-state index contributed by atoms with van der Waals surface area (Å²) in [7, 11) is 0. The third-order valence-corrected chi connectivity index (χ3v) is 1.58. The molecule has 0 aliphatic carbocycles. The second kappa shape index (κ2) is 3.17. The van der Waals surface area contributed by atoms with Gasteiger partial charge in [-0.25, -0.2) is 4.98 Å². The first-order valence-corrected chi connectivity index (χ1v) is 3.75. The maximum atomic E-state index is 4.07. The van der Waals surface area contributed by atoms with Crippen LogP contribution in [0.1, 0.15) is 0 Å². The van der Waals surface area contributed by atoms with Gasteiger partial charge in [0, 0.05) is 12.4 Å². The first-order valence-electron chi connectivity index (χ1n) is 3.75. The van der Waals surface area contributed by atoms with Gasteiger partial charge < -0.3 is 0 Å². The fourth-order valence-corrected chi connectivity index (χ4v) is 0.986. The van der Waals surface area contributed by atoms with Gasteiger partial charge in [-0.1, -0.05) is 0 Å². The molecule has 0 radical (unpaired) electrons. The highest BCUT2D eigenvalue weighted by molar-refractivity contribution is 4.77. The molecule has 12 heavy (non-hydrogen) atoms. The highest BCUT2D eigenvalue weighted by Crippen LogP contribution is 1.87. The van der Waals surface area contributed by atoms with E-state index in [4.69, 9.17) is 0 Å². The van der Waals surface area contributed by atoms with Crippen LogP contribution in [-0.2, 0) is 13.1 Å². The van der Waals surface area contributed by atoms with Gasteiger partial charge in [0.25, 0.3) is 0 Å². The zero-order chi connectivity index (χ0) is 8.23. The second-order valence-corrected chi connectivity index (χ2v) is 2.43. The lowest BCUT2D eigenvalue weighted by Crippen LogP contribution is -2.07. The maximum Gasteiger partial charge on any atom is 0.137 e. The molecule has 62 valence electrons. The summed E-state index contributed by atoms with van der Waals surface area (Å²) >= 11 is 0. The molecule has 0 saturated carbocycles. The zero-order valence-corrected chi connectivity index (χ0v) is 6.54. The van der Waals surface area contributed by atoms with Crippen molar-refractivity contribution in [2.75, 3.05) is 0 Å². The molecule has 5 nitrogen and oxygen atoms in total. The summed E-state index contributed by atoms with van der Waals surface area (Å²) in [6.07, 6.45) is 6.92. The van der Waals surface area contributed by atoms with Gasteiger partial charge in [0.15, 0.2) is 0 Å². The summed E-state index contributed by atoms with van der Waals surface area (Å²) < 4.78 is 3.64. The van der Waals surface area contributed by atoms with Crippen LogP contribution in [0.15, 0.2) is 31.1 Å². The Morgan fingerprint density at radius 3 is 2.67 bits per heavy atom. The Balaban J connectivity index is 1.91. The molecule has 2 aromatic rings. The van der Waals surface area contributed by atoms with Gasteiger partial charge in [-0.05, 0) is 6.07 Å². The van der Waals surface area contributed by atoms with Crippen LogP contribution in [0.5, 0.6) is 0 Å². The minimum atomic E-state index is 0.807. The monoisotopic (exact) mass is 163 g/mol. The lowest BCUT2D eigenvalue weighted by Gasteiger charge is -1.99. The fourth-order valence-electron chi connectivity index (χ4n) is 0.986. The molecule has 0 N–H and O–H groups in total. The zero-order valence-electron chi connectivity index (χ0n) is 6.54. The van der Waals surface area contributed by atoms with E-state index in [1.54, 1.807) is 17.2 Å². The number of aryl methyl sites for hydroxylation is 2. The Labute approximate surface area is 69.7 Å². The van der Waals surface area contributed by atoms with Crippen LogP contribution in [0.2, 0.25) is 0 Å². The maximum absolute atomic E-state index is 4.07. The Morgan fingerprint density at radius 2 is 2.00 bits per heavy atom. The summed E-state index contributed by atoms with van der Waals surface area (Å²) in [6.45, 7) is 1.64. The highest BCUT2D eigenvalue weighted by Gasteiger charge is 1.92. The number of hydrogen-bond donors (Lipinski definition) is 0. The fraction of sp³-hybridized carbons (Fsp3) is 0.286. The van der Waals surface area contributed by atoms with Gasteiger partial charge in [-0.3, -0.25) is 9.36 Å². The largest absolute Gasteiger partial charge is 0.271 e. The van der Waals surface area contributed by atoms with Crippen molar-refractivity contribution < 1.29 is 0 Å². The molecule has 2 heterocycles. The van der Waals surface area contributed by atoms with E-state index in [0.717, 1.165) is 13.1 Å². The third kappa shape index (κ3) is 1.50. The standard InChI is InChI=1S/C7H9N5/c1-2-9-11(3-1)4-5-12-7-8-6-10-12/h1-3,6-7H,4-5H2. The normalized spacial score (nSPS) is 10.3. The summed E-state index contributed by atoms with van der Waals surface area (Å²) in [5.41, 5.74) is 0. The van der Waals surface area contributed by atoms with Gasteiger partial charge in [0.1, 0.15) is 12.7 Å². The van der Waals surface area contributed by atoms with Gasteiger partial charge in [0.05, 0.1) is 13.1 Å². The van der Waals surface area contributed by atoms with Crippen LogP contribution >= 0.6 is 0 Å². The van der Waals surface area contributed by atoms with Gasteiger partial charge >= 0.3 is 0 Å². The molecular formula is C7H9N5. The lowest BCUT2D eigenvalue weighted by atomic mass is 10.6. The molecule has 0 aromatic carbocycles. The molecule has 0 fully saturated rings. The van der Waals surface area contributed by atoms with Crippen molar-refractivity contribution in [3.05, 3.63) is 31.1 Å². The summed E-state index contributed by atoms with van der Waals surface area (Å²) in [6, 6.07) is 1.90. The smallest absolute Gasteiger partial charge is 0.137 e. The molecule has 0 aliphatic heterocycles. The lowest BCUT2D eigenvalue weighted by molar-refractivity contribution is 0.499. The average Bonchev–Trinajstić information content (AvgIpc) is 2.74. The third-order valence-electron chi connectivity index (χ3n) is 1.58. The quantitative estimate of drug-likeness (QED) is 0.648. The average molecular weight is 163 g/mol. The van der Waals surface area contributed by atoms with Gasteiger partial charge in [-0.15, -0.1) is 0 Å². The van der Waals surface area contributed by atoms with E-state index < -0.39 is 0 Å². The van der Waals surface area contributed by atoms with Gasteiger partial charge in [-0.2, -0.15) is 10.2 Å². The molecule has 2 aromatic heterocycles. The molecule has 0 amide bonds. The van der Waals surface area contributed by atoms with Crippen molar-refractivity contribution in [1.29, 1.82) is 0 Å². The Kier molecular flexibility index (Phi) is 1.85. The van der Waals surface area contributed by atoms with E-state index in [1.807, 2.05) is 16.9 Å². The van der Waals surface area contributed by atoms with Crippen LogP contribution in [-0.4, -0.2) is 24.5 Å². The molecule has 0 saturated heterocycles. The predicted molar refractivity (Wildman–Crippen MR) is 42.2 cm³/mol. The summed E-state index contributed by atoms with van der Waals surface area (Å²) in [5.74, 6) is 0. The Hall–Kier alpha value is -1.65. The molecule has 0 spiro atoms. The van der Waals surface area contributed by atoms with E-state index in [9.17, 15) is 0 Å². The molecule has 2 rings (SSSR count). The number of nitrogens with zero attached hydrogens (tertiary/aromatic N) is 5. The molecule has 0 unspecified atom stereocenters. The van der Waals surface area contributed by atoms with Crippen LogP contribution < -0.4 is 0 Å². The second-order valence-electron chi connectivity index (χ2n) is 2.43. The number of aromatic nitrogens is 5. The van der Waals surface area contributed by atoms with Crippen molar-refractivity contribution in [1.82, 2.24) is 24.5 Å². The van der Waals surface area contributed by atoms with E-state index >= 15 is 0 Å². The van der Waals surface area contributed by atoms with Crippen molar-refractivity contribution in [2.45, 2.75) is 13.1 Å². The Bertz CT molecular complexity index is 275. The van der Waals surface area contributed by atoms with Crippen molar-refractivity contribution in [2.24, 2.45) is 0 Å². The highest BCUT2D eigenvalue weighted by atomic mass is 15.3. The predicted octanol–water partition coefficient (Wildman–Crippen LogP) is 0.175. The van der Waals surface area contributed by atoms with Crippen molar-refractivity contribution >= 4 is 0 Å². The van der Waals surface area contributed by atoms with Gasteiger partial charge in [0.2, 0.25) is 0 Å². The molecular weight excluding hydrogens is 154 g/mol. The summed E-state index contributed by atoms with van der Waals surface area (Å²) in [4.78, 5) is 3.84. The first-order chi connectivity index (χ1) is 5.95. The number of hydrogen-bond acceptors (Lipinski definition) is 3. The van der Waals surface area contributed by atoms with Crippen molar-refractivity contribution in [3.8, 4) is 0 Å². The molecule has 5 heteroatoms. The van der Waals surface area contributed by atoms with Crippen LogP contribution in [0.3, 0.4) is 0 Å². The number of rotatable bonds is 3. The van der Waals surface area contributed by atoms with Crippen LogP contribution in [0.25, 0.3) is 0 Å². The van der Waals surface area contributed by atoms with Crippen LogP contribution in [0, 0.1) is 0 Å². The molecule has 0 bridgehead atoms. The Morgan fingerprint density at radius 1 is 1.08 bits per heavy atom. The summed E-state index contributed by atoms with van der Waals surface area (Å²) in [5, 5.41) is 8.05. The minimum Gasteiger partial charge on any atom is -0.271 e. The first kappa shape index (κ1) is 7.02. The van der Waals surface area contributed by atoms with Crippen LogP contribution in [0.4, 0.5) is 0 Å². The molecule has 0 atom stereocenters. The minimum absolute atomic E-state index is 0.807. The van der Waals surface area contributed by atoms with E-state index in [0.29, 0.717) is 0 Å². The SMILES string of the molecule is c1cnn(CCn2cncn2)c1. The van der Waals surface area contributed by atoms with E-state index in [2.05, 4.69) is 15.2 Å². The van der Waals surface area contributed by atoms with E-state index in [-0.39, 0.29) is 0 Å².